The fraction of sp³-hybridized carbons (Fsp3) is 0.235. The number of halogens is 1. The molecule has 8 heteroatoms. The lowest BCUT2D eigenvalue weighted by atomic mass is 9.86. The first kappa shape index (κ1) is 17.6. The number of hydrogen-bond acceptors (Lipinski definition) is 4. The van der Waals surface area contributed by atoms with Gasteiger partial charge in [0.25, 0.3) is 10.0 Å². The minimum absolute atomic E-state index is 0.0536. The summed E-state index contributed by atoms with van der Waals surface area (Å²) in [5, 5.41) is 3.13. The predicted octanol–water partition coefficient (Wildman–Crippen LogP) is 3.38. The van der Waals surface area contributed by atoms with Crippen LogP contribution in [0.1, 0.15) is 19.4 Å². The van der Waals surface area contributed by atoms with E-state index in [0.717, 1.165) is 0 Å². The molecule has 132 valence electrons. The number of sulfonamides is 1. The summed E-state index contributed by atoms with van der Waals surface area (Å²) < 4.78 is 33.2. The molecule has 3 rings (SSSR count). The molecular weight excluding hydrogens is 364 g/mol. The molecule has 0 fully saturated rings. The molecule has 0 saturated carbocycles. The van der Waals surface area contributed by atoms with Gasteiger partial charge in [-0.3, -0.25) is 9.52 Å². The van der Waals surface area contributed by atoms with E-state index < -0.39 is 15.4 Å². The zero-order chi connectivity index (χ0) is 18.4. The smallest absolute Gasteiger partial charge is 0.262 e. The van der Waals surface area contributed by atoms with Crippen molar-refractivity contribution >= 4 is 38.9 Å². The third kappa shape index (κ3) is 3.05. The van der Waals surface area contributed by atoms with Crippen LogP contribution in [0.5, 0.6) is 5.75 Å². The number of nitrogens with one attached hydrogen (secondary N) is 2. The quantitative estimate of drug-likeness (QED) is 0.851. The van der Waals surface area contributed by atoms with Gasteiger partial charge >= 0.3 is 0 Å². The van der Waals surface area contributed by atoms with Crippen molar-refractivity contribution in [3.8, 4) is 5.75 Å². The van der Waals surface area contributed by atoms with E-state index in [-0.39, 0.29) is 16.5 Å². The largest absolute Gasteiger partial charge is 0.495 e. The first-order valence-electron chi connectivity index (χ1n) is 7.47. The van der Waals surface area contributed by atoms with Gasteiger partial charge in [0.05, 0.1) is 23.1 Å². The number of hydrogen-bond donors (Lipinski definition) is 2. The van der Waals surface area contributed by atoms with E-state index in [1.54, 1.807) is 32.0 Å². The van der Waals surface area contributed by atoms with Crippen LogP contribution in [0, 0.1) is 0 Å². The Hall–Kier alpha value is -2.25. The van der Waals surface area contributed by atoms with Gasteiger partial charge in [-0.1, -0.05) is 11.6 Å². The van der Waals surface area contributed by atoms with Crippen LogP contribution in [0.4, 0.5) is 11.4 Å². The Morgan fingerprint density at radius 3 is 2.56 bits per heavy atom. The van der Waals surface area contributed by atoms with Crippen LogP contribution in [0.2, 0.25) is 5.02 Å². The summed E-state index contributed by atoms with van der Waals surface area (Å²) in [6.07, 6.45) is 0. The van der Waals surface area contributed by atoms with Gasteiger partial charge in [0.15, 0.2) is 0 Å². The first-order valence-corrected chi connectivity index (χ1v) is 9.33. The molecule has 1 amide bonds. The lowest BCUT2D eigenvalue weighted by molar-refractivity contribution is -0.119. The Labute approximate surface area is 151 Å². The molecule has 0 radical (unpaired) electrons. The van der Waals surface area contributed by atoms with Gasteiger partial charge in [0, 0.05) is 10.7 Å². The number of methoxy groups -OCH3 is 1. The van der Waals surface area contributed by atoms with Crippen molar-refractivity contribution in [1.29, 1.82) is 0 Å². The summed E-state index contributed by atoms with van der Waals surface area (Å²) >= 11 is 5.94. The second kappa shape index (κ2) is 5.93. The minimum Gasteiger partial charge on any atom is -0.495 e. The van der Waals surface area contributed by atoms with Crippen LogP contribution < -0.4 is 14.8 Å². The number of benzene rings is 2. The van der Waals surface area contributed by atoms with Crippen LogP contribution in [-0.2, 0) is 20.2 Å². The molecule has 0 atom stereocenters. The molecule has 0 bridgehead atoms. The van der Waals surface area contributed by atoms with E-state index in [1.165, 1.54) is 25.3 Å². The van der Waals surface area contributed by atoms with Crippen LogP contribution >= 0.6 is 11.6 Å². The van der Waals surface area contributed by atoms with Gasteiger partial charge in [-0.15, -0.1) is 0 Å². The summed E-state index contributed by atoms with van der Waals surface area (Å²) in [5.74, 6) is 0.188. The minimum atomic E-state index is -3.88. The van der Waals surface area contributed by atoms with E-state index in [2.05, 4.69) is 10.0 Å². The van der Waals surface area contributed by atoms with E-state index in [0.29, 0.717) is 22.0 Å². The van der Waals surface area contributed by atoms with E-state index in [4.69, 9.17) is 16.3 Å². The zero-order valence-electron chi connectivity index (χ0n) is 13.9. The second-order valence-corrected chi connectivity index (χ2v) is 8.36. The Bertz CT molecular complexity index is 971. The third-order valence-electron chi connectivity index (χ3n) is 4.20. The molecule has 6 nitrogen and oxygen atoms in total. The number of carbonyl (C=O) groups is 1. The molecule has 0 saturated heterocycles. The highest BCUT2D eigenvalue weighted by Crippen LogP contribution is 2.39. The Kier molecular flexibility index (Phi) is 4.17. The van der Waals surface area contributed by atoms with Crippen molar-refractivity contribution < 1.29 is 17.9 Å². The summed E-state index contributed by atoms with van der Waals surface area (Å²) in [4.78, 5) is 12.1. The van der Waals surface area contributed by atoms with Crippen molar-refractivity contribution in [2.24, 2.45) is 0 Å². The molecule has 0 aliphatic carbocycles. The monoisotopic (exact) mass is 380 g/mol. The lowest BCUT2D eigenvalue weighted by Gasteiger charge is -2.16. The normalized spacial score (nSPS) is 15.4. The molecule has 0 spiro atoms. The van der Waals surface area contributed by atoms with Gasteiger partial charge in [-0.2, -0.15) is 0 Å². The van der Waals surface area contributed by atoms with Gasteiger partial charge in [0.2, 0.25) is 5.91 Å². The highest BCUT2D eigenvalue weighted by atomic mass is 35.5. The second-order valence-electron chi connectivity index (χ2n) is 6.24. The highest BCUT2D eigenvalue weighted by Gasteiger charge is 2.39. The molecule has 2 aromatic rings. The van der Waals surface area contributed by atoms with Crippen LogP contribution in [0.25, 0.3) is 0 Å². The van der Waals surface area contributed by atoms with Crippen LogP contribution in [-0.4, -0.2) is 21.4 Å². The molecule has 2 N–H and O–H groups in total. The van der Waals surface area contributed by atoms with Crippen LogP contribution in [0.3, 0.4) is 0 Å². The fourth-order valence-electron chi connectivity index (χ4n) is 2.68. The van der Waals surface area contributed by atoms with Gasteiger partial charge in [-0.25, -0.2) is 8.42 Å². The molecule has 25 heavy (non-hydrogen) atoms. The first-order chi connectivity index (χ1) is 11.6. The Morgan fingerprint density at radius 1 is 1.16 bits per heavy atom. The molecule has 1 heterocycles. The van der Waals surface area contributed by atoms with Crippen molar-refractivity contribution in [2.45, 2.75) is 24.2 Å². The van der Waals surface area contributed by atoms with Crippen LogP contribution in [0.15, 0.2) is 41.3 Å². The van der Waals surface area contributed by atoms with Crippen molar-refractivity contribution in [3.63, 3.8) is 0 Å². The lowest BCUT2D eigenvalue weighted by Crippen LogP contribution is -2.27. The van der Waals surface area contributed by atoms with Crippen molar-refractivity contribution in [3.05, 3.63) is 47.0 Å². The summed E-state index contributed by atoms with van der Waals surface area (Å²) in [7, 11) is -2.44. The maximum absolute atomic E-state index is 12.8. The summed E-state index contributed by atoms with van der Waals surface area (Å²) in [6.45, 7) is 3.50. The zero-order valence-corrected chi connectivity index (χ0v) is 15.5. The number of ether oxygens (including phenoxy) is 1. The van der Waals surface area contributed by atoms with Gasteiger partial charge in [0.1, 0.15) is 5.75 Å². The maximum Gasteiger partial charge on any atom is 0.262 e. The number of fused-ring (bicyclic) bond motifs is 1. The summed E-state index contributed by atoms with van der Waals surface area (Å²) in [5.41, 5.74) is 0.700. The topological polar surface area (TPSA) is 84.5 Å². The molecular formula is C17H17ClN2O4S. The molecule has 1 aliphatic heterocycles. The number of rotatable bonds is 4. The summed E-state index contributed by atoms with van der Waals surface area (Å²) in [6, 6.07) is 9.19. The Balaban J connectivity index is 2.02. The number of carbonyl (C=O) groups excluding carboxylic acids is 1. The van der Waals surface area contributed by atoms with E-state index >= 15 is 0 Å². The Morgan fingerprint density at radius 2 is 1.88 bits per heavy atom. The average Bonchev–Trinajstić information content (AvgIpc) is 2.76. The SMILES string of the molecule is COc1ccc(Cl)cc1NS(=O)(=O)c1ccc2c(c1)C(C)(C)C(=O)N2. The predicted molar refractivity (Wildman–Crippen MR) is 96.9 cm³/mol. The third-order valence-corrected chi connectivity index (χ3v) is 5.79. The molecule has 0 unspecified atom stereocenters. The molecule has 2 aromatic carbocycles. The van der Waals surface area contributed by atoms with E-state index in [9.17, 15) is 13.2 Å². The highest BCUT2D eigenvalue weighted by molar-refractivity contribution is 7.92. The average molecular weight is 381 g/mol. The standard InChI is InChI=1S/C17H17ClN2O4S/c1-17(2)12-9-11(5-6-13(12)19-16(17)21)25(22,23)20-14-8-10(18)4-7-15(14)24-3/h4-9,20H,1-3H3,(H,19,21). The van der Waals surface area contributed by atoms with Gasteiger partial charge < -0.3 is 10.1 Å². The van der Waals surface area contributed by atoms with Gasteiger partial charge in [-0.05, 0) is 55.8 Å². The van der Waals surface area contributed by atoms with E-state index in [1.807, 2.05) is 0 Å². The number of anilines is 2. The fourth-order valence-corrected chi connectivity index (χ4v) is 3.94. The number of amides is 1. The molecule has 1 aliphatic rings. The maximum atomic E-state index is 12.8. The van der Waals surface area contributed by atoms with Crippen molar-refractivity contribution in [2.75, 3.05) is 17.1 Å². The molecule has 0 aromatic heterocycles. The van der Waals surface area contributed by atoms with Crippen molar-refractivity contribution in [1.82, 2.24) is 0 Å².